The number of thioether (sulfide) groups is 1. The second kappa shape index (κ2) is 9.37. The molecule has 0 unspecified atom stereocenters. The Bertz CT molecular complexity index is 1200. The van der Waals surface area contributed by atoms with E-state index in [1.807, 2.05) is 60.0 Å². The van der Waals surface area contributed by atoms with Crippen molar-refractivity contribution in [2.24, 2.45) is 0 Å². The van der Waals surface area contributed by atoms with E-state index in [2.05, 4.69) is 10.2 Å². The second-order valence-electron chi connectivity index (χ2n) is 6.93. The first kappa shape index (κ1) is 21.2. The van der Waals surface area contributed by atoms with E-state index in [0.717, 1.165) is 22.6 Å². The smallest absolute Gasteiger partial charge is 0.196 e. The fraction of sp³-hybridized carbons (Fsp3) is 0.125. The van der Waals surface area contributed by atoms with Gasteiger partial charge < -0.3 is 4.74 Å². The van der Waals surface area contributed by atoms with Gasteiger partial charge in [0.2, 0.25) is 0 Å². The summed E-state index contributed by atoms with van der Waals surface area (Å²) in [6.07, 6.45) is 0. The molecule has 31 heavy (non-hydrogen) atoms. The predicted octanol–water partition coefficient (Wildman–Crippen LogP) is 5.88. The monoisotopic (exact) mass is 449 g/mol. The Morgan fingerprint density at radius 2 is 1.77 bits per heavy atom. The third-order valence-electron chi connectivity index (χ3n) is 4.75. The summed E-state index contributed by atoms with van der Waals surface area (Å²) in [6, 6.07) is 22.7. The highest BCUT2D eigenvalue weighted by Gasteiger charge is 2.18. The molecule has 4 rings (SSSR count). The Morgan fingerprint density at radius 1 is 1.03 bits per heavy atom. The van der Waals surface area contributed by atoms with Crippen molar-refractivity contribution < 1.29 is 9.53 Å². The first-order chi connectivity index (χ1) is 15.0. The molecule has 0 saturated carbocycles. The van der Waals surface area contributed by atoms with Crippen molar-refractivity contribution in [2.75, 3.05) is 12.9 Å². The zero-order valence-electron chi connectivity index (χ0n) is 17.1. The Kier molecular flexibility index (Phi) is 6.39. The highest BCUT2D eigenvalue weighted by molar-refractivity contribution is 7.99. The number of rotatable bonds is 7. The molecule has 1 heterocycles. The van der Waals surface area contributed by atoms with Crippen molar-refractivity contribution in [1.29, 1.82) is 0 Å². The van der Waals surface area contributed by atoms with Gasteiger partial charge in [-0.2, -0.15) is 0 Å². The van der Waals surface area contributed by atoms with Crippen molar-refractivity contribution in [3.63, 3.8) is 0 Å². The lowest BCUT2D eigenvalue weighted by Crippen LogP contribution is -2.05. The quantitative estimate of drug-likeness (QED) is 0.260. The van der Waals surface area contributed by atoms with E-state index in [1.54, 1.807) is 31.4 Å². The Hall–Kier alpha value is -3.09. The SMILES string of the molecule is COc1ccc(C(=O)CSc2nnc(-c3cccc(Cl)c3)n2-c2ccc(C)cc2)cc1. The summed E-state index contributed by atoms with van der Waals surface area (Å²) < 4.78 is 7.11. The third-order valence-corrected chi connectivity index (χ3v) is 5.92. The van der Waals surface area contributed by atoms with Crippen LogP contribution in [0.25, 0.3) is 17.1 Å². The van der Waals surface area contributed by atoms with Crippen LogP contribution in [0.3, 0.4) is 0 Å². The van der Waals surface area contributed by atoms with E-state index >= 15 is 0 Å². The number of ketones is 1. The van der Waals surface area contributed by atoms with Crippen molar-refractivity contribution >= 4 is 29.1 Å². The summed E-state index contributed by atoms with van der Waals surface area (Å²) in [5.41, 5.74) is 3.56. The van der Waals surface area contributed by atoms with E-state index in [9.17, 15) is 4.79 Å². The maximum absolute atomic E-state index is 12.7. The molecule has 0 saturated heterocycles. The van der Waals surface area contributed by atoms with Crippen LogP contribution >= 0.6 is 23.4 Å². The molecular weight excluding hydrogens is 430 g/mol. The summed E-state index contributed by atoms with van der Waals surface area (Å²) >= 11 is 7.55. The highest BCUT2D eigenvalue weighted by atomic mass is 35.5. The molecule has 0 aliphatic rings. The van der Waals surface area contributed by atoms with Crippen molar-refractivity contribution in [3.05, 3.63) is 88.9 Å². The summed E-state index contributed by atoms with van der Waals surface area (Å²) in [7, 11) is 1.60. The van der Waals surface area contributed by atoms with Crippen LogP contribution in [0.2, 0.25) is 5.02 Å². The largest absolute Gasteiger partial charge is 0.497 e. The number of aryl methyl sites for hydroxylation is 1. The Labute approximate surface area is 190 Å². The molecule has 4 aromatic rings. The van der Waals surface area contributed by atoms with Gasteiger partial charge in [-0.3, -0.25) is 9.36 Å². The molecule has 0 aliphatic carbocycles. The van der Waals surface area contributed by atoms with Gasteiger partial charge in [-0.15, -0.1) is 10.2 Å². The molecule has 0 amide bonds. The number of methoxy groups -OCH3 is 1. The lowest BCUT2D eigenvalue weighted by Gasteiger charge is -2.11. The van der Waals surface area contributed by atoms with Gasteiger partial charge in [0.05, 0.1) is 12.9 Å². The minimum Gasteiger partial charge on any atom is -0.497 e. The van der Waals surface area contributed by atoms with Crippen LogP contribution in [0, 0.1) is 6.92 Å². The minimum atomic E-state index is 0.00964. The number of carbonyl (C=O) groups is 1. The normalized spacial score (nSPS) is 10.8. The number of carbonyl (C=O) groups excluding carboxylic acids is 1. The summed E-state index contributed by atoms with van der Waals surface area (Å²) in [5, 5.41) is 10.0. The molecule has 0 N–H and O–H groups in total. The van der Waals surface area contributed by atoms with E-state index in [1.165, 1.54) is 11.8 Å². The average Bonchev–Trinajstić information content (AvgIpc) is 3.22. The van der Waals surface area contributed by atoms with Crippen LogP contribution in [-0.2, 0) is 0 Å². The highest BCUT2D eigenvalue weighted by Crippen LogP contribution is 2.30. The maximum atomic E-state index is 12.7. The van der Waals surface area contributed by atoms with Crippen LogP contribution in [0.5, 0.6) is 5.75 Å². The topological polar surface area (TPSA) is 57.0 Å². The summed E-state index contributed by atoms with van der Waals surface area (Å²) in [5.74, 6) is 1.64. The number of nitrogens with zero attached hydrogens (tertiary/aromatic N) is 3. The van der Waals surface area contributed by atoms with Gasteiger partial charge in [0.1, 0.15) is 5.75 Å². The molecule has 1 aromatic heterocycles. The molecule has 0 aliphatic heterocycles. The minimum absolute atomic E-state index is 0.00964. The fourth-order valence-corrected chi connectivity index (χ4v) is 4.13. The lowest BCUT2D eigenvalue weighted by molar-refractivity contribution is 0.102. The molecule has 0 radical (unpaired) electrons. The van der Waals surface area contributed by atoms with E-state index < -0.39 is 0 Å². The van der Waals surface area contributed by atoms with Gasteiger partial charge in [0, 0.05) is 21.8 Å². The number of hydrogen-bond donors (Lipinski definition) is 0. The maximum Gasteiger partial charge on any atom is 0.196 e. The molecule has 156 valence electrons. The average molecular weight is 450 g/mol. The van der Waals surface area contributed by atoms with Crippen LogP contribution < -0.4 is 4.74 Å². The standard InChI is InChI=1S/C24H20ClN3O2S/c1-16-6-10-20(11-7-16)28-23(18-4-3-5-19(25)14-18)26-27-24(28)31-15-22(29)17-8-12-21(30-2)13-9-17/h3-14H,15H2,1-2H3. The van der Waals surface area contributed by atoms with E-state index in [-0.39, 0.29) is 11.5 Å². The second-order valence-corrected chi connectivity index (χ2v) is 8.31. The number of benzene rings is 3. The Morgan fingerprint density at radius 3 is 2.45 bits per heavy atom. The van der Waals surface area contributed by atoms with E-state index in [0.29, 0.717) is 21.6 Å². The molecule has 0 fully saturated rings. The number of aromatic nitrogens is 3. The van der Waals surface area contributed by atoms with Gasteiger partial charge in [-0.25, -0.2) is 0 Å². The fourth-order valence-electron chi connectivity index (χ4n) is 3.09. The summed E-state index contributed by atoms with van der Waals surface area (Å²) in [4.78, 5) is 12.7. The molecular formula is C24H20ClN3O2S. The van der Waals surface area contributed by atoms with Gasteiger partial charge in [-0.05, 0) is 55.5 Å². The first-order valence-electron chi connectivity index (χ1n) is 9.63. The molecule has 7 heteroatoms. The summed E-state index contributed by atoms with van der Waals surface area (Å²) in [6.45, 7) is 2.04. The van der Waals surface area contributed by atoms with Gasteiger partial charge in [-0.1, -0.05) is 53.2 Å². The molecule has 5 nitrogen and oxygen atoms in total. The van der Waals surface area contributed by atoms with Gasteiger partial charge in [0.25, 0.3) is 0 Å². The Balaban J connectivity index is 1.65. The molecule has 0 spiro atoms. The molecule has 0 atom stereocenters. The number of Topliss-reactive ketones (excluding diaryl/α,β-unsaturated/α-hetero) is 1. The van der Waals surface area contributed by atoms with E-state index in [4.69, 9.17) is 16.3 Å². The molecule has 0 bridgehead atoms. The van der Waals surface area contributed by atoms with Gasteiger partial charge >= 0.3 is 0 Å². The number of hydrogen-bond acceptors (Lipinski definition) is 5. The van der Waals surface area contributed by atoms with Crippen LogP contribution in [0.15, 0.2) is 78.0 Å². The third kappa shape index (κ3) is 4.81. The zero-order valence-corrected chi connectivity index (χ0v) is 18.7. The van der Waals surface area contributed by atoms with Crippen LogP contribution in [0.4, 0.5) is 0 Å². The van der Waals surface area contributed by atoms with Crippen LogP contribution in [0.1, 0.15) is 15.9 Å². The first-order valence-corrected chi connectivity index (χ1v) is 11.0. The lowest BCUT2D eigenvalue weighted by atomic mass is 10.1. The van der Waals surface area contributed by atoms with Crippen molar-refractivity contribution in [2.45, 2.75) is 12.1 Å². The predicted molar refractivity (Wildman–Crippen MR) is 125 cm³/mol. The number of ether oxygens (including phenoxy) is 1. The van der Waals surface area contributed by atoms with Gasteiger partial charge in [0.15, 0.2) is 16.8 Å². The van der Waals surface area contributed by atoms with Crippen molar-refractivity contribution in [1.82, 2.24) is 14.8 Å². The number of halogens is 1. The zero-order chi connectivity index (χ0) is 21.8. The van der Waals surface area contributed by atoms with Crippen LogP contribution in [-0.4, -0.2) is 33.4 Å². The molecule has 3 aromatic carbocycles. The van der Waals surface area contributed by atoms with Crippen molar-refractivity contribution in [3.8, 4) is 22.8 Å².